The van der Waals surface area contributed by atoms with Gasteiger partial charge in [-0.05, 0) is 19.3 Å². The second-order valence-electron chi connectivity index (χ2n) is 4.40. The van der Waals surface area contributed by atoms with E-state index >= 15 is 0 Å². The highest BCUT2D eigenvalue weighted by Gasteiger charge is 2.36. The Bertz CT molecular complexity index is 213. The highest BCUT2D eigenvalue weighted by molar-refractivity contribution is 5.81. The van der Waals surface area contributed by atoms with E-state index in [-0.39, 0.29) is 0 Å². The van der Waals surface area contributed by atoms with Gasteiger partial charge in [-0.25, -0.2) is 0 Å². The average Bonchev–Trinajstić information content (AvgIpc) is 2.91. The van der Waals surface area contributed by atoms with Gasteiger partial charge in [0.1, 0.15) is 5.78 Å². The van der Waals surface area contributed by atoms with Crippen LogP contribution in [0.15, 0.2) is 0 Å². The largest absolute Gasteiger partial charge is 0.383 e. The van der Waals surface area contributed by atoms with Crippen molar-refractivity contribution in [2.45, 2.75) is 44.2 Å². The SMILES string of the molecule is COCCN(C1CC1)C1CCC(=O)C1. The highest BCUT2D eigenvalue weighted by atomic mass is 16.5. The van der Waals surface area contributed by atoms with Crippen LogP contribution in [0.2, 0.25) is 0 Å². The summed E-state index contributed by atoms with van der Waals surface area (Å²) >= 11 is 0. The summed E-state index contributed by atoms with van der Waals surface area (Å²) in [5, 5.41) is 0. The summed E-state index contributed by atoms with van der Waals surface area (Å²) in [5.41, 5.74) is 0. The first-order chi connectivity index (χ1) is 6.81. The van der Waals surface area contributed by atoms with Gasteiger partial charge in [-0.1, -0.05) is 0 Å². The van der Waals surface area contributed by atoms with Crippen molar-refractivity contribution in [1.82, 2.24) is 4.90 Å². The first kappa shape index (κ1) is 10.1. The molecule has 3 heteroatoms. The number of carbonyl (C=O) groups excluding carboxylic acids is 1. The van der Waals surface area contributed by atoms with Gasteiger partial charge in [0.25, 0.3) is 0 Å². The summed E-state index contributed by atoms with van der Waals surface area (Å²) in [6.07, 6.45) is 5.27. The van der Waals surface area contributed by atoms with Crippen molar-refractivity contribution in [3.8, 4) is 0 Å². The molecule has 2 aliphatic carbocycles. The minimum atomic E-state index is 0.443. The van der Waals surface area contributed by atoms with Crippen molar-refractivity contribution in [1.29, 1.82) is 0 Å². The monoisotopic (exact) mass is 197 g/mol. The molecular weight excluding hydrogens is 178 g/mol. The van der Waals surface area contributed by atoms with Crippen LogP contribution in [-0.4, -0.2) is 43.0 Å². The molecular formula is C11H19NO2. The molecule has 3 nitrogen and oxygen atoms in total. The highest BCUT2D eigenvalue weighted by Crippen LogP contribution is 2.32. The van der Waals surface area contributed by atoms with E-state index in [0.717, 1.165) is 38.5 Å². The van der Waals surface area contributed by atoms with Crippen LogP contribution in [0.3, 0.4) is 0 Å². The van der Waals surface area contributed by atoms with Crippen molar-refractivity contribution in [2.24, 2.45) is 0 Å². The maximum Gasteiger partial charge on any atom is 0.134 e. The number of hydrogen-bond donors (Lipinski definition) is 0. The molecule has 0 saturated heterocycles. The van der Waals surface area contributed by atoms with Gasteiger partial charge in [0.2, 0.25) is 0 Å². The zero-order valence-corrected chi connectivity index (χ0v) is 8.87. The first-order valence-corrected chi connectivity index (χ1v) is 5.57. The summed E-state index contributed by atoms with van der Waals surface area (Å²) in [4.78, 5) is 13.7. The van der Waals surface area contributed by atoms with Crippen LogP contribution in [0, 0.1) is 0 Å². The van der Waals surface area contributed by atoms with E-state index < -0.39 is 0 Å². The third kappa shape index (κ3) is 2.34. The molecule has 0 aliphatic heterocycles. The molecule has 1 unspecified atom stereocenters. The number of Topliss-reactive ketones (excluding diaryl/α,β-unsaturated/α-hetero) is 1. The van der Waals surface area contributed by atoms with E-state index in [4.69, 9.17) is 4.74 Å². The number of methoxy groups -OCH3 is 1. The molecule has 2 fully saturated rings. The predicted molar refractivity (Wildman–Crippen MR) is 54.3 cm³/mol. The number of carbonyl (C=O) groups is 1. The van der Waals surface area contributed by atoms with Crippen LogP contribution >= 0.6 is 0 Å². The Morgan fingerprint density at radius 2 is 2.14 bits per heavy atom. The van der Waals surface area contributed by atoms with Gasteiger partial charge in [-0.2, -0.15) is 0 Å². The smallest absolute Gasteiger partial charge is 0.134 e. The first-order valence-electron chi connectivity index (χ1n) is 5.57. The zero-order valence-electron chi connectivity index (χ0n) is 8.87. The van der Waals surface area contributed by atoms with Crippen molar-refractivity contribution in [3.05, 3.63) is 0 Å². The molecule has 80 valence electrons. The van der Waals surface area contributed by atoms with Gasteiger partial charge in [0, 0.05) is 38.6 Å². The standard InChI is InChI=1S/C11H19NO2/c1-14-7-6-12(9-2-3-9)10-4-5-11(13)8-10/h9-10H,2-8H2,1H3. The molecule has 0 N–H and O–H groups in total. The molecule has 0 spiro atoms. The van der Waals surface area contributed by atoms with E-state index in [1.54, 1.807) is 7.11 Å². The van der Waals surface area contributed by atoms with Crippen molar-refractivity contribution in [3.63, 3.8) is 0 Å². The van der Waals surface area contributed by atoms with Gasteiger partial charge < -0.3 is 4.74 Å². The Balaban J connectivity index is 1.86. The van der Waals surface area contributed by atoms with Crippen LogP contribution in [0.4, 0.5) is 0 Å². The predicted octanol–water partition coefficient (Wildman–Crippen LogP) is 1.22. The summed E-state index contributed by atoms with van der Waals surface area (Å²) < 4.78 is 5.11. The molecule has 0 aromatic rings. The zero-order chi connectivity index (χ0) is 9.97. The fraction of sp³-hybridized carbons (Fsp3) is 0.909. The van der Waals surface area contributed by atoms with Crippen LogP contribution < -0.4 is 0 Å². The Labute approximate surface area is 85.4 Å². The van der Waals surface area contributed by atoms with Crippen LogP contribution in [0.5, 0.6) is 0 Å². The second kappa shape index (κ2) is 4.41. The molecule has 1 atom stereocenters. The van der Waals surface area contributed by atoms with Gasteiger partial charge in [-0.3, -0.25) is 9.69 Å². The van der Waals surface area contributed by atoms with Crippen molar-refractivity contribution >= 4 is 5.78 Å². The number of hydrogen-bond acceptors (Lipinski definition) is 3. The second-order valence-corrected chi connectivity index (χ2v) is 4.40. The topological polar surface area (TPSA) is 29.5 Å². The lowest BCUT2D eigenvalue weighted by Crippen LogP contribution is -2.38. The number of ether oxygens (including phenoxy) is 1. The van der Waals surface area contributed by atoms with Crippen molar-refractivity contribution in [2.75, 3.05) is 20.3 Å². The lowest BCUT2D eigenvalue weighted by molar-refractivity contribution is -0.117. The maximum atomic E-state index is 11.2. The van der Waals surface area contributed by atoms with Gasteiger partial charge in [0.05, 0.1) is 6.61 Å². The molecule has 0 aromatic carbocycles. The number of ketones is 1. The Morgan fingerprint density at radius 1 is 1.36 bits per heavy atom. The third-order valence-corrected chi connectivity index (χ3v) is 3.26. The Kier molecular flexibility index (Phi) is 3.19. The van der Waals surface area contributed by atoms with Gasteiger partial charge in [-0.15, -0.1) is 0 Å². The summed E-state index contributed by atoms with van der Waals surface area (Å²) in [7, 11) is 1.74. The lowest BCUT2D eigenvalue weighted by Gasteiger charge is -2.27. The molecule has 2 rings (SSSR count). The summed E-state index contributed by atoms with van der Waals surface area (Å²) in [6.45, 7) is 1.79. The normalized spacial score (nSPS) is 27.6. The molecule has 0 bridgehead atoms. The van der Waals surface area contributed by atoms with Gasteiger partial charge in [0.15, 0.2) is 0 Å². The molecule has 0 amide bonds. The summed E-state index contributed by atoms with van der Waals surface area (Å²) in [5.74, 6) is 0.443. The number of nitrogens with zero attached hydrogens (tertiary/aromatic N) is 1. The van der Waals surface area contributed by atoms with E-state index in [2.05, 4.69) is 4.90 Å². The molecule has 2 aliphatic rings. The lowest BCUT2D eigenvalue weighted by atomic mass is 10.2. The van der Waals surface area contributed by atoms with Crippen molar-refractivity contribution < 1.29 is 9.53 Å². The van der Waals surface area contributed by atoms with E-state index in [0.29, 0.717) is 11.8 Å². The molecule has 0 radical (unpaired) electrons. The molecule has 0 heterocycles. The third-order valence-electron chi connectivity index (χ3n) is 3.26. The quantitative estimate of drug-likeness (QED) is 0.663. The summed E-state index contributed by atoms with van der Waals surface area (Å²) in [6, 6.07) is 1.27. The van der Waals surface area contributed by atoms with Crippen LogP contribution in [0.1, 0.15) is 32.1 Å². The van der Waals surface area contributed by atoms with Crippen LogP contribution in [-0.2, 0) is 9.53 Å². The number of rotatable bonds is 5. The van der Waals surface area contributed by atoms with Gasteiger partial charge >= 0.3 is 0 Å². The fourth-order valence-corrected chi connectivity index (χ4v) is 2.34. The Hall–Kier alpha value is -0.410. The maximum absolute atomic E-state index is 11.2. The fourth-order valence-electron chi connectivity index (χ4n) is 2.34. The van der Waals surface area contributed by atoms with E-state index in [9.17, 15) is 4.79 Å². The average molecular weight is 197 g/mol. The minimum absolute atomic E-state index is 0.443. The molecule has 14 heavy (non-hydrogen) atoms. The van der Waals surface area contributed by atoms with Crippen LogP contribution in [0.25, 0.3) is 0 Å². The van der Waals surface area contributed by atoms with E-state index in [1.165, 1.54) is 12.8 Å². The molecule has 0 aromatic heterocycles. The minimum Gasteiger partial charge on any atom is -0.383 e. The Morgan fingerprint density at radius 3 is 2.64 bits per heavy atom. The van der Waals surface area contributed by atoms with E-state index in [1.807, 2.05) is 0 Å². The molecule has 2 saturated carbocycles.